The van der Waals surface area contributed by atoms with E-state index in [4.69, 9.17) is 0 Å². The lowest BCUT2D eigenvalue weighted by atomic mass is 9.96. The van der Waals surface area contributed by atoms with E-state index in [0.717, 1.165) is 28.6 Å². The van der Waals surface area contributed by atoms with Gasteiger partial charge in [-0.25, -0.2) is 9.37 Å². The van der Waals surface area contributed by atoms with Crippen LogP contribution >= 0.6 is 0 Å². The molecule has 5 rings (SSSR count). The molecular formula is C25H25FN6O2. The first-order chi connectivity index (χ1) is 16.4. The summed E-state index contributed by atoms with van der Waals surface area (Å²) in [5, 5.41) is 4.27. The van der Waals surface area contributed by atoms with Crippen molar-refractivity contribution in [3.05, 3.63) is 88.2 Å². The number of fused-ring (bicyclic) bond motifs is 2. The number of hydrogen-bond donors (Lipinski definition) is 1. The zero-order chi connectivity index (χ0) is 23.8. The van der Waals surface area contributed by atoms with E-state index in [0.29, 0.717) is 24.3 Å². The number of rotatable bonds is 5. The molecule has 1 N–H and O–H groups in total. The number of anilines is 1. The Morgan fingerprint density at radius 1 is 1.26 bits per heavy atom. The molecule has 0 bridgehead atoms. The van der Waals surface area contributed by atoms with E-state index in [1.54, 1.807) is 36.5 Å². The van der Waals surface area contributed by atoms with Crippen molar-refractivity contribution in [2.24, 2.45) is 7.05 Å². The van der Waals surface area contributed by atoms with Crippen LogP contribution in [0.4, 0.5) is 10.1 Å². The van der Waals surface area contributed by atoms with Crippen molar-refractivity contribution in [3.63, 3.8) is 0 Å². The van der Waals surface area contributed by atoms with Crippen LogP contribution in [0.1, 0.15) is 29.4 Å². The monoisotopic (exact) mass is 460 g/mol. The van der Waals surface area contributed by atoms with Crippen molar-refractivity contribution in [2.45, 2.75) is 32.0 Å². The fraction of sp³-hybridized carbons (Fsp3) is 0.280. The number of pyridine rings is 1. The maximum absolute atomic E-state index is 13.3. The molecule has 4 heterocycles. The van der Waals surface area contributed by atoms with Gasteiger partial charge in [-0.15, -0.1) is 0 Å². The molecule has 0 fully saturated rings. The van der Waals surface area contributed by atoms with E-state index in [1.165, 1.54) is 23.0 Å². The van der Waals surface area contributed by atoms with Crippen LogP contribution in [0, 0.1) is 5.82 Å². The Labute approximate surface area is 195 Å². The number of carbonyl (C=O) groups excluding carboxylic acids is 1. The van der Waals surface area contributed by atoms with Crippen molar-refractivity contribution >= 4 is 22.5 Å². The quantitative estimate of drug-likeness (QED) is 0.495. The molecule has 1 amide bonds. The molecule has 1 atom stereocenters. The Balaban J connectivity index is 1.32. The maximum Gasteiger partial charge on any atom is 0.277 e. The second-order valence-electron chi connectivity index (χ2n) is 8.67. The van der Waals surface area contributed by atoms with Crippen LogP contribution in [-0.2, 0) is 31.4 Å². The minimum Gasteiger partial charge on any atom is -0.372 e. The number of likely N-dealkylation sites (N-methyl/N-ethyl adjacent to an activating group) is 1. The van der Waals surface area contributed by atoms with Crippen LogP contribution in [0.25, 0.3) is 10.9 Å². The molecule has 0 saturated heterocycles. The number of hydrogen-bond acceptors (Lipinski definition) is 5. The molecule has 0 radical (unpaired) electrons. The predicted molar refractivity (Wildman–Crippen MR) is 127 cm³/mol. The number of benzene rings is 1. The van der Waals surface area contributed by atoms with Crippen molar-refractivity contribution < 1.29 is 9.18 Å². The minimum atomic E-state index is -0.299. The first kappa shape index (κ1) is 21.8. The van der Waals surface area contributed by atoms with Gasteiger partial charge < -0.3 is 14.8 Å². The van der Waals surface area contributed by atoms with E-state index >= 15 is 0 Å². The SMILES string of the molecule is CN(Cc1cc2cnccc2n1C)C(=O)Cn1cnc2c(c1=O)NC(c1ccc(F)cc1)CC2. The molecule has 1 aromatic carbocycles. The molecule has 9 heteroatoms. The lowest BCUT2D eigenvalue weighted by molar-refractivity contribution is -0.131. The highest BCUT2D eigenvalue weighted by Crippen LogP contribution is 2.29. The van der Waals surface area contributed by atoms with Crippen molar-refractivity contribution in [2.75, 3.05) is 12.4 Å². The lowest BCUT2D eigenvalue weighted by Gasteiger charge is -2.27. The standard InChI is InChI=1S/C25H25FN6O2/c1-30(13-19-11-17-12-27-10-9-22(17)31(19)2)23(33)14-32-15-28-21-8-7-20(29-24(21)25(32)34)16-3-5-18(26)6-4-16/h3-6,9-12,15,20,29H,7-8,13-14H2,1-2H3. The summed E-state index contributed by atoms with van der Waals surface area (Å²) in [5.74, 6) is -0.496. The summed E-state index contributed by atoms with van der Waals surface area (Å²) in [7, 11) is 3.68. The highest BCUT2D eigenvalue weighted by molar-refractivity contribution is 5.80. The normalized spacial score (nSPS) is 15.1. The fourth-order valence-electron chi connectivity index (χ4n) is 4.44. The van der Waals surface area contributed by atoms with Gasteiger partial charge >= 0.3 is 0 Å². The van der Waals surface area contributed by atoms with Gasteiger partial charge in [0.05, 0.1) is 30.1 Å². The van der Waals surface area contributed by atoms with Crippen LogP contribution in [0.5, 0.6) is 0 Å². The van der Waals surface area contributed by atoms with E-state index in [2.05, 4.69) is 15.3 Å². The largest absolute Gasteiger partial charge is 0.372 e. The Hall–Kier alpha value is -4.01. The second kappa shape index (κ2) is 8.74. The summed E-state index contributed by atoms with van der Waals surface area (Å²) in [6.07, 6.45) is 6.35. The average molecular weight is 461 g/mol. The molecule has 8 nitrogen and oxygen atoms in total. The molecule has 4 aromatic rings. The molecule has 3 aromatic heterocycles. The zero-order valence-corrected chi connectivity index (χ0v) is 19.0. The van der Waals surface area contributed by atoms with Crippen LogP contribution in [0.3, 0.4) is 0 Å². The number of carbonyl (C=O) groups is 1. The van der Waals surface area contributed by atoms with Crippen LogP contribution in [-0.4, -0.2) is 37.0 Å². The third-order valence-electron chi connectivity index (χ3n) is 6.45. The molecule has 34 heavy (non-hydrogen) atoms. The number of aromatic nitrogens is 4. The Morgan fingerprint density at radius 3 is 2.82 bits per heavy atom. The van der Waals surface area contributed by atoms with Gasteiger partial charge in [0, 0.05) is 37.6 Å². The van der Waals surface area contributed by atoms with Crippen molar-refractivity contribution in [1.29, 1.82) is 0 Å². The predicted octanol–water partition coefficient (Wildman–Crippen LogP) is 3.03. The Bertz CT molecular complexity index is 1430. The van der Waals surface area contributed by atoms with E-state index in [1.807, 2.05) is 23.7 Å². The summed E-state index contributed by atoms with van der Waals surface area (Å²) >= 11 is 0. The highest BCUT2D eigenvalue weighted by Gasteiger charge is 2.24. The molecule has 1 aliphatic rings. The van der Waals surface area contributed by atoms with Gasteiger partial charge in [0.25, 0.3) is 5.56 Å². The summed E-state index contributed by atoms with van der Waals surface area (Å²) in [4.78, 5) is 36.3. The molecular weight excluding hydrogens is 435 g/mol. The Kier molecular flexibility index (Phi) is 5.61. The third kappa shape index (κ3) is 4.05. The highest BCUT2D eigenvalue weighted by atomic mass is 19.1. The van der Waals surface area contributed by atoms with Gasteiger partial charge in [-0.05, 0) is 42.7 Å². The van der Waals surface area contributed by atoms with Crippen LogP contribution in [0.2, 0.25) is 0 Å². The van der Waals surface area contributed by atoms with Gasteiger partial charge in [-0.1, -0.05) is 12.1 Å². The van der Waals surface area contributed by atoms with Crippen LogP contribution in [0.15, 0.2) is 59.9 Å². The van der Waals surface area contributed by atoms with Gasteiger partial charge in [-0.2, -0.15) is 0 Å². The molecule has 1 unspecified atom stereocenters. The minimum absolute atomic E-state index is 0.107. The summed E-state index contributed by atoms with van der Waals surface area (Å²) in [6, 6.07) is 10.1. The summed E-state index contributed by atoms with van der Waals surface area (Å²) in [6.45, 7) is 0.298. The van der Waals surface area contributed by atoms with E-state index in [9.17, 15) is 14.0 Å². The molecule has 174 valence electrons. The van der Waals surface area contributed by atoms with E-state index in [-0.39, 0.29) is 29.9 Å². The van der Waals surface area contributed by atoms with E-state index < -0.39 is 0 Å². The van der Waals surface area contributed by atoms with Gasteiger partial charge in [0.15, 0.2) is 0 Å². The van der Waals surface area contributed by atoms with Crippen molar-refractivity contribution in [1.82, 2.24) is 24.0 Å². The summed E-state index contributed by atoms with van der Waals surface area (Å²) < 4.78 is 16.7. The number of nitrogens with zero attached hydrogens (tertiary/aromatic N) is 5. The lowest BCUT2D eigenvalue weighted by Crippen LogP contribution is -2.36. The molecule has 0 saturated carbocycles. The molecule has 1 aliphatic heterocycles. The smallest absolute Gasteiger partial charge is 0.277 e. The third-order valence-corrected chi connectivity index (χ3v) is 6.45. The molecule has 0 spiro atoms. The van der Waals surface area contributed by atoms with Gasteiger partial charge in [-0.3, -0.25) is 19.1 Å². The first-order valence-corrected chi connectivity index (χ1v) is 11.1. The molecule has 0 aliphatic carbocycles. The number of amides is 1. The van der Waals surface area contributed by atoms with Crippen molar-refractivity contribution in [3.8, 4) is 0 Å². The average Bonchev–Trinajstić information content (AvgIpc) is 3.16. The fourth-order valence-corrected chi connectivity index (χ4v) is 4.44. The second-order valence-corrected chi connectivity index (χ2v) is 8.67. The number of nitrogens with one attached hydrogen (secondary N) is 1. The number of aryl methyl sites for hydroxylation is 2. The van der Waals surface area contributed by atoms with Gasteiger partial charge in [0.1, 0.15) is 18.0 Å². The first-order valence-electron chi connectivity index (χ1n) is 11.1. The Morgan fingerprint density at radius 2 is 2.06 bits per heavy atom. The number of halogens is 1. The summed E-state index contributed by atoms with van der Waals surface area (Å²) in [5.41, 5.74) is 3.72. The van der Waals surface area contributed by atoms with Crippen LogP contribution < -0.4 is 10.9 Å². The van der Waals surface area contributed by atoms with Gasteiger partial charge in [0.2, 0.25) is 5.91 Å². The topological polar surface area (TPSA) is 85.1 Å². The zero-order valence-electron chi connectivity index (χ0n) is 19.0. The maximum atomic E-state index is 13.3.